The molecule has 12 heteroatoms. The lowest BCUT2D eigenvalue weighted by molar-refractivity contribution is -0.147. The maximum absolute atomic E-state index is 14.7. The van der Waals surface area contributed by atoms with Crippen molar-refractivity contribution < 1.29 is 37.3 Å². The van der Waals surface area contributed by atoms with Crippen molar-refractivity contribution in [2.24, 2.45) is 0 Å². The SMILES string of the molecule is O=C(O)NC1(C(=O)NCCc2ccc(-c3cc(Cl)cc(Cl)c3OCC(F)F)cc2F)COC1. The van der Waals surface area contributed by atoms with Crippen LogP contribution in [0.3, 0.4) is 0 Å². The number of ether oxygens (including phenoxy) is 2. The Morgan fingerprint density at radius 3 is 2.52 bits per heavy atom. The molecule has 3 rings (SSSR count). The van der Waals surface area contributed by atoms with E-state index in [2.05, 4.69) is 10.6 Å². The minimum absolute atomic E-state index is 0.00854. The predicted octanol–water partition coefficient (Wildman–Crippen LogP) is 4.14. The second kappa shape index (κ2) is 10.5. The van der Waals surface area contributed by atoms with Crippen LogP contribution in [0.15, 0.2) is 30.3 Å². The van der Waals surface area contributed by atoms with E-state index in [1.54, 1.807) is 6.07 Å². The molecule has 0 atom stereocenters. The van der Waals surface area contributed by atoms with Crippen LogP contribution < -0.4 is 15.4 Å². The fourth-order valence-corrected chi connectivity index (χ4v) is 3.78. The second-order valence-corrected chi connectivity index (χ2v) is 8.13. The van der Waals surface area contributed by atoms with Gasteiger partial charge in [0.1, 0.15) is 18.2 Å². The van der Waals surface area contributed by atoms with Crippen molar-refractivity contribution in [1.29, 1.82) is 0 Å². The van der Waals surface area contributed by atoms with Gasteiger partial charge in [-0.1, -0.05) is 35.3 Å². The number of nitrogens with one attached hydrogen (secondary N) is 2. The van der Waals surface area contributed by atoms with Crippen LogP contribution in [-0.4, -0.2) is 55.4 Å². The maximum atomic E-state index is 14.7. The number of carbonyl (C=O) groups excluding carboxylic acids is 1. The predicted molar refractivity (Wildman–Crippen MR) is 115 cm³/mol. The van der Waals surface area contributed by atoms with Crippen molar-refractivity contribution in [3.8, 4) is 16.9 Å². The van der Waals surface area contributed by atoms with Crippen molar-refractivity contribution in [3.63, 3.8) is 0 Å². The third-order valence-electron chi connectivity index (χ3n) is 4.88. The number of carbonyl (C=O) groups is 2. The van der Waals surface area contributed by atoms with Gasteiger partial charge in [0, 0.05) is 17.1 Å². The van der Waals surface area contributed by atoms with Crippen LogP contribution in [0.4, 0.5) is 18.0 Å². The summed E-state index contributed by atoms with van der Waals surface area (Å²) in [5.74, 6) is -1.22. The summed E-state index contributed by atoms with van der Waals surface area (Å²) in [5, 5.41) is 13.8. The van der Waals surface area contributed by atoms with Gasteiger partial charge in [-0.2, -0.15) is 0 Å². The largest absolute Gasteiger partial charge is 0.485 e. The third-order valence-corrected chi connectivity index (χ3v) is 5.38. The summed E-state index contributed by atoms with van der Waals surface area (Å²) in [7, 11) is 0. The van der Waals surface area contributed by atoms with Gasteiger partial charge in [-0.25, -0.2) is 18.0 Å². The first-order valence-corrected chi connectivity index (χ1v) is 10.4. The molecule has 7 nitrogen and oxygen atoms in total. The minimum Gasteiger partial charge on any atom is -0.485 e. The first-order chi connectivity index (χ1) is 15.6. The Balaban J connectivity index is 1.71. The van der Waals surface area contributed by atoms with E-state index in [0.717, 1.165) is 0 Å². The van der Waals surface area contributed by atoms with Gasteiger partial charge in [0.05, 0.1) is 18.2 Å². The highest BCUT2D eigenvalue weighted by atomic mass is 35.5. The van der Waals surface area contributed by atoms with E-state index in [4.69, 9.17) is 37.8 Å². The van der Waals surface area contributed by atoms with E-state index >= 15 is 0 Å². The zero-order chi connectivity index (χ0) is 24.2. The first-order valence-electron chi connectivity index (χ1n) is 9.67. The molecule has 1 aliphatic rings. The fraction of sp³-hybridized carbons (Fsp3) is 0.333. The van der Waals surface area contributed by atoms with Gasteiger partial charge >= 0.3 is 6.09 Å². The molecular formula is C21H19Cl2F3N2O5. The average molecular weight is 507 g/mol. The van der Waals surface area contributed by atoms with Gasteiger partial charge in [-0.3, -0.25) is 4.79 Å². The summed E-state index contributed by atoms with van der Waals surface area (Å²) < 4.78 is 50.0. The van der Waals surface area contributed by atoms with Crippen molar-refractivity contribution in [2.75, 3.05) is 26.4 Å². The number of amides is 2. The molecule has 0 spiro atoms. The Hall–Kier alpha value is -2.69. The van der Waals surface area contributed by atoms with Crippen molar-refractivity contribution in [1.82, 2.24) is 10.6 Å². The third kappa shape index (κ3) is 6.01. The zero-order valence-corrected chi connectivity index (χ0v) is 18.5. The van der Waals surface area contributed by atoms with E-state index < -0.39 is 36.4 Å². The van der Waals surface area contributed by atoms with Crippen LogP contribution in [0.2, 0.25) is 10.0 Å². The number of hydrogen-bond acceptors (Lipinski definition) is 4. The first kappa shape index (κ1) is 24.9. The lowest BCUT2D eigenvalue weighted by Gasteiger charge is -2.39. The summed E-state index contributed by atoms with van der Waals surface area (Å²) in [5.41, 5.74) is -0.523. The maximum Gasteiger partial charge on any atom is 0.405 e. The Labute approximate surface area is 196 Å². The number of halogens is 5. The van der Waals surface area contributed by atoms with Gasteiger partial charge in [0.15, 0.2) is 5.54 Å². The highest BCUT2D eigenvalue weighted by Gasteiger charge is 2.47. The summed E-state index contributed by atoms with van der Waals surface area (Å²) in [6, 6.07) is 6.96. The van der Waals surface area contributed by atoms with Crippen LogP contribution in [0.5, 0.6) is 5.75 Å². The van der Waals surface area contributed by atoms with Gasteiger partial charge in [0.25, 0.3) is 12.3 Å². The number of carboxylic acid groups (broad SMARTS) is 1. The molecule has 1 aliphatic heterocycles. The van der Waals surface area contributed by atoms with Crippen LogP contribution >= 0.6 is 23.2 Å². The van der Waals surface area contributed by atoms with E-state index in [1.807, 2.05) is 0 Å². The van der Waals surface area contributed by atoms with E-state index in [0.29, 0.717) is 5.56 Å². The van der Waals surface area contributed by atoms with E-state index in [1.165, 1.54) is 24.3 Å². The molecule has 0 aliphatic carbocycles. The van der Waals surface area contributed by atoms with Gasteiger partial charge in [0.2, 0.25) is 0 Å². The fourth-order valence-electron chi connectivity index (χ4n) is 3.24. The number of rotatable bonds is 9. The van der Waals surface area contributed by atoms with Crippen molar-refractivity contribution in [3.05, 3.63) is 51.8 Å². The molecule has 1 heterocycles. The molecule has 33 heavy (non-hydrogen) atoms. The molecule has 2 aromatic rings. The zero-order valence-electron chi connectivity index (χ0n) is 17.0. The Kier molecular flexibility index (Phi) is 7.93. The number of alkyl halides is 2. The van der Waals surface area contributed by atoms with Crippen molar-refractivity contribution in [2.45, 2.75) is 18.4 Å². The van der Waals surface area contributed by atoms with Crippen LogP contribution in [0.1, 0.15) is 5.56 Å². The summed E-state index contributed by atoms with van der Waals surface area (Å²) in [6.07, 6.45) is -3.96. The summed E-state index contributed by atoms with van der Waals surface area (Å²) in [4.78, 5) is 23.2. The average Bonchev–Trinajstić information content (AvgIpc) is 2.70. The van der Waals surface area contributed by atoms with E-state index in [9.17, 15) is 22.8 Å². The van der Waals surface area contributed by atoms with Crippen LogP contribution in [-0.2, 0) is 16.0 Å². The highest BCUT2D eigenvalue weighted by molar-refractivity contribution is 6.36. The highest BCUT2D eigenvalue weighted by Crippen LogP contribution is 2.39. The normalized spacial score (nSPS) is 14.5. The standard InChI is InChI=1S/C21H19Cl2F3N2O5/c22-13-6-14(18(15(23)7-13)33-8-17(25)26)12-2-1-11(16(24)5-12)3-4-27-19(29)21(9-32-10-21)28-20(30)31/h1-2,5-7,17,28H,3-4,8-10H2,(H,27,29)(H,30,31). The molecule has 0 unspecified atom stereocenters. The lowest BCUT2D eigenvalue weighted by atomic mass is 9.96. The Morgan fingerprint density at radius 1 is 1.21 bits per heavy atom. The Bertz CT molecular complexity index is 1050. The number of hydrogen-bond donors (Lipinski definition) is 3. The Morgan fingerprint density at radius 2 is 1.94 bits per heavy atom. The second-order valence-electron chi connectivity index (χ2n) is 7.28. The molecular weight excluding hydrogens is 488 g/mol. The summed E-state index contributed by atoms with van der Waals surface area (Å²) in [6.45, 7) is -1.03. The van der Waals surface area contributed by atoms with Gasteiger partial charge in [-0.05, 0) is 35.7 Å². The molecule has 1 saturated heterocycles. The topological polar surface area (TPSA) is 96.9 Å². The number of benzene rings is 2. The van der Waals surface area contributed by atoms with Crippen LogP contribution in [0, 0.1) is 5.82 Å². The molecule has 178 valence electrons. The molecule has 1 fully saturated rings. The van der Waals surface area contributed by atoms with Gasteiger partial charge < -0.3 is 25.2 Å². The quantitative estimate of drug-likeness (QED) is 0.474. The lowest BCUT2D eigenvalue weighted by Crippen LogP contribution is -2.69. The summed E-state index contributed by atoms with van der Waals surface area (Å²) >= 11 is 12.1. The molecule has 2 amide bonds. The molecule has 2 aromatic carbocycles. The molecule has 0 bridgehead atoms. The molecule has 0 radical (unpaired) electrons. The van der Waals surface area contributed by atoms with Gasteiger partial charge in [-0.15, -0.1) is 0 Å². The minimum atomic E-state index is -2.73. The monoisotopic (exact) mass is 506 g/mol. The van der Waals surface area contributed by atoms with Crippen molar-refractivity contribution >= 4 is 35.2 Å². The molecule has 0 aromatic heterocycles. The van der Waals surface area contributed by atoms with Crippen LogP contribution in [0.25, 0.3) is 11.1 Å². The molecule has 0 saturated carbocycles. The smallest absolute Gasteiger partial charge is 0.405 e. The van der Waals surface area contributed by atoms with E-state index in [-0.39, 0.29) is 53.1 Å². The molecule has 3 N–H and O–H groups in total.